The first kappa shape index (κ1) is 14.7. The highest BCUT2D eigenvalue weighted by Gasteiger charge is 2.32. The minimum Gasteiger partial charge on any atom is -0.339 e. The largest absolute Gasteiger partial charge is 0.339 e. The van der Waals surface area contributed by atoms with E-state index in [0.29, 0.717) is 17.8 Å². The second-order valence-electron chi connectivity index (χ2n) is 6.10. The first-order chi connectivity index (χ1) is 10.5. The summed E-state index contributed by atoms with van der Waals surface area (Å²) >= 11 is 0. The molecule has 0 saturated heterocycles. The van der Waals surface area contributed by atoms with Gasteiger partial charge in [0, 0.05) is 19.3 Å². The van der Waals surface area contributed by atoms with Crippen LogP contribution in [0.2, 0.25) is 0 Å². The fourth-order valence-corrected chi connectivity index (χ4v) is 3.34. The lowest BCUT2D eigenvalue weighted by Crippen LogP contribution is -2.50. The maximum atomic E-state index is 12.7. The highest BCUT2D eigenvalue weighted by atomic mass is 16.2. The lowest BCUT2D eigenvalue weighted by atomic mass is 10.0. The van der Waals surface area contributed by atoms with Crippen molar-refractivity contribution < 1.29 is 9.59 Å². The molecule has 2 aliphatic heterocycles. The Labute approximate surface area is 129 Å². The molecule has 2 heterocycles. The third-order valence-corrected chi connectivity index (χ3v) is 4.46. The van der Waals surface area contributed by atoms with Gasteiger partial charge in [-0.1, -0.05) is 0 Å². The van der Waals surface area contributed by atoms with E-state index in [9.17, 15) is 9.59 Å². The number of rotatable bonds is 3. The van der Waals surface area contributed by atoms with Gasteiger partial charge in [0.25, 0.3) is 5.91 Å². The van der Waals surface area contributed by atoms with Crippen LogP contribution in [0.3, 0.4) is 0 Å². The van der Waals surface area contributed by atoms with E-state index >= 15 is 0 Å². The minimum atomic E-state index is -0.296. The molecule has 7 nitrogen and oxygen atoms in total. The van der Waals surface area contributed by atoms with Gasteiger partial charge in [0.2, 0.25) is 0 Å². The summed E-state index contributed by atoms with van der Waals surface area (Å²) in [5.74, 6) is -0.0836. The average Bonchev–Trinajstić information content (AvgIpc) is 3.02. The number of amides is 3. The van der Waals surface area contributed by atoms with Crippen LogP contribution in [-0.4, -0.2) is 42.5 Å². The number of allylic oxidation sites excluding steroid dienone is 2. The second kappa shape index (κ2) is 5.55. The highest BCUT2D eigenvalue weighted by molar-refractivity contribution is 5.98. The van der Waals surface area contributed by atoms with Gasteiger partial charge in [0.1, 0.15) is 6.04 Å². The zero-order chi connectivity index (χ0) is 15.9. The number of urea groups is 1. The number of hydrogen-bond donors (Lipinski definition) is 2. The molecule has 0 spiro atoms. The Morgan fingerprint density at radius 2 is 2.18 bits per heavy atom. The Morgan fingerprint density at radius 1 is 1.41 bits per heavy atom. The summed E-state index contributed by atoms with van der Waals surface area (Å²) in [6, 6.07) is -0.571. The number of carbonyl (C=O) groups excluding carboxylic acids is 2. The van der Waals surface area contributed by atoms with Crippen LogP contribution >= 0.6 is 0 Å². The van der Waals surface area contributed by atoms with Crippen LogP contribution in [0.4, 0.5) is 4.79 Å². The van der Waals surface area contributed by atoms with Crippen LogP contribution < -0.4 is 10.6 Å². The second-order valence-corrected chi connectivity index (χ2v) is 6.10. The summed E-state index contributed by atoms with van der Waals surface area (Å²) < 4.78 is 0. The van der Waals surface area contributed by atoms with E-state index in [0.717, 1.165) is 25.0 Å². The lowest BCUT2D eigenvalue weighted by molar-refractivity contribution is -0.126. The fraction of sp³-hybridized carbons (Fsp3) is 0.600. The Hall–Kier alpha value is -2.18. The van der Waals surface area contributed by atoms with E-state index in [1.54, 1.807) is 18.9 Å². The van der Waals surface area contributed by atoms with Crippen molar-refractivity contribution in [2.24, 2.45) is 10.2 Å². The van der Waals surface area contributed by atoms with Gasteiger partial charge in [-0.15, -0.1) is 0 Å². The SMILES string of the molecule is CC1=C(C(=O)N(C)CC2N=NC3=C2CCC3)C(C)NC(=O)N1. The fourth-order valence-electron chi connectivity index (χ4n) is 3.34. The Kier molecular flexibility index (Phi) is 3.72. The van der Waals surface area contributed by atoms with Crippen molar-refractivity contribution in [3.63, 3.8) is 0 Å². The minimum absolute atomic E-state index is 0.00574. The maximum absolute atomic E-state index is 12.7. The Balaban J connectivity index is 1.71. The zero-order valence-electron chi connectivity index (χ0n) is 13.1. The molecule has 118 valence electrons. The monoisotopic (exact) mass is 303 g/mol. The van der Waals surface area contributed by atoms with Crippen LogP contribution in [0.25, 0.3) is 0 Å². The molecule has 0 saturated carbocycles. The standard InChI is InChI=1S/C15H21N5O2/c1-8-13(9(2)17-15(22)16-8)14(21)20(3)7-12-10-5-4-6-11(10)18-19-12/h8,12H,4-7H2,1-3H3,(H2,16,17,22). The van der Waals surface area contributed by atoms with Crippen molar-refractivity contribution in [1.82, 2.24) is 15.5 Å². The summed E-state index contributed by atoms with van der Waals surface area (Å²) in [4.78, 5) is 25.8. The molecule has 0 aromatic rings. The lowest BCUT2D eigenvalue weighted by Gasteiger charge is -2.29. The number of azo groups is 1. The molecule has 0 aromatic heterocycles. The molecule has 0 bridgehead atoms. The van der Waals surface area contributed by atoms with Gasteiger partial charge in [0.15, 0.2) is 0 Å². The van der Waals surface area contributed by atoms with Crippen LogP contribution in [-0.2, 0) is 4.79 Å². The predicted octanol–water partition coefficient (Wildman–Crippen LogP) is 1.69. The Morgan fingerprint density at radius 3 is 2.91 bits per heavy atom. The molecule has 0 fully saturated rings. The van der Waals surface area contributed by atoms with Gasteiger partial charge >= 0.3 is 6.03 Å². The number of nitrogens with one attached hydrogen (secondary N) is 2. The summed E-state index contributed by atoms with van der Waals surface area (Å²) in [5.41, 5.74) is 3.61. The number of nitrogens with zero attached hydrogens (tertiary/aromatic N) is 3. The van der Waals surface area contributed by atoms with E-state index in [1.807, 2.05) is 6.92 Å². The maximum Gasteiger partial charge on any atom is 0.319 e. The van der Waals surface area contributed by atoms with Crippen LogP contribution in [0, 0.1) is 0 Å². The molecule has 7 heteroatoms. The summed E-state index contributed by atoms with van der Waals surface area (Å²) in [6.45, 7) is 4.10. The normalized spacial score (nSPS) is 27.0. The van der Waals surface area contributed by atoms with Crippen molar-refractivity contribution >= 4 is 11.9 Å². The van der Waals surface area contributed by atoms with Crippen molar-refractivity contribution in [3.8, 4) is 0 Å². The van der Waals surface area contributed by atoms with E-state index in [4.69, 9.17) is 0 Å². The first-order valence-corrected chi connectivity index (χ1v) is 7.64. The molecule has 1 aliphatic carbocycles. The third kappa shape index (κ3) is 2.51. The van der Waals surface area contributed by atoms with Gasteiger partial charge in [-0.2, -0.15) is 10.2 Å². The van der Waals surface area contributed by atoms with E-state index in [1.165, 1.54) is 5.57 Å². The van der Waals surface area contributed by atoms with Crippen LogP contribution in [0.5, 0.6) is 0 Å². The van der Waals surface area contributed by atoms with E-state index < -0.39 is 0 Å². The number of likely N-dealkylation sites (N-methyl/N-ethyl adjacent to an activating group) is 1. The summed E-state index contributed by atoms with van der Waals surface area (Å²) in [5, 5.41) is 13.9. The van der Waals surface area contributed by atoms with Crippen molar-refractivity contribution in [1.29, 1.82) is 0 Å². The first-order valence-electron chi connectivity index (χ1n) is 7.64. The quantitative estimate of drug-likeness (QED) is 0.831. The summed E-state index contributed by atoms with van der Waals surface area (Å²) in [6.07, 6.45) is 3.17. The molecular formula is C15H21N5O2. The molecule has 3 aliphatic rings. The van der Waals surface area contributed by atoms with Crippen LogP contribution in [0.1, 0.15) is 33.1 Å². The molecule has 2 atom stereocenters. The van der Waals surface area contributed by atoms with E-state index in [-0.39, 0.29) is 24.0 Å². The van der Waals surface area contributed by atoms with Crippen molar-refractivity contribution in [3.05, 3.63) is 22.5 Å². The highest BCUT2D eigenvalue weighted by Crippen LogP contribution is 2.35. The molecule has 2 N–H and O–H groups in total. The van der Waals surface area contributed by atoms with Gasteiger partial charge in [0.05, 0.1) is 17.3 Å². The Bertz CT molecular complexity index is 619. The van der Waals surface area contributed by atoms with Gasteiger partial charge in [-0.05, 0) is 38.7 Å². The zero-order valence-corrected chi connectivity index (χ0v) is 13.1. The van der Waals surface area contributed by atoms with Gasteiger partial charge in [-0.25, -0.2) is 4.79 Å². The van der Waals surface area contributed by atoms with Gasteiger partial charge in [-0.3, -0.25) is 4.79 Å². The predicted molar refractivity (Wildman–Crippen MR) is 81.0 cm³/mol. The smallest absolute Gasteiger partial charge is 0.319 e. The molecule has 3 rings (SSSR count). The molecule has 22 heavy (non-hydrogen) atoms. The van der Waals surface area contributed by atoms with Crippen LogP contribution in [0.15, 0.2) is 32.8 Å². The molecule has 0 aromatic carbocycles. The molecule has 2 unspecified atom stereocenters. The van der Waals surface area contributed by atoms with Crippen molar-refractivity contribution in [2.75, 3.05) is 13.6 Å². The number of carbonyl (C=O) groups is 2. The van der Waals surface area contributed by atoms with Gasteiger partial charge < -0.3 is 15.5 Å². The topological polar surface area (TPSA) is 86.2 Å². The molecule has 3 amide bonds. The summed E-state index contributed by atoms with van der Waals surface area (Å²) in [7, 11) is 1.77. The number of hydrogen-bond acceptors (Lipinski definition) is 4. The molecular weight excluding hydrogens is 282 g/mol. The van der Waals surface area contributed by atoms with Crippen molar-refractivity contribution in [2.45, 2.75) is 45.2 Å². The molecule has 0 radical (unpaired) electrons. The third-order valence-electron chi connectivity index (χ3n) is 4.46. The average molecular weight is 303 g/mol. The van der Waals surface area contributed by atoms with E-state index in [2.05, 4.69) is 20.9 Å².